The van der Waals surface area contributed by atoms with Gasteiger partial charge in [0.25, 0.3) is 0 Å². The van der Waals surface area contributed by atoms with Gasteiger partial charge in [0.05, 0.1) is 6.10 Å². The first-order valence-corrected chi connectivity index (χ1v) is 5.16. The van der Waals surface area contributed by atoms with E-state index < -0.39 is 11.0 Å². The topological polar surface area (TPSA) is 88.3 Å². The maximum atomic E-state index is 10.6. The molecule has 0 aliphatic rings. The molecule has 0 spiro atoms. The molecule has 0 fully saturated rings. The lowest BCUT2D eigenvalue weighted by molar-refractivity contribution is -0.388. The zero-order valence-corrected chi connectivity index (χ0v) is 9.09. The van der Waals surface area contributed by atoms with Gasteiger partial charge in [-0.3, -0.25) is 0 Å². The van der Waals surface area contributed by atoms with Gasteiger partial charge >= 0.3 is 5.82 Å². The number of nitrogens with one attached hydrogen (secondary N) is 1. The first-order chi connectivity index (χ1) is 7.65. The van der Waals surface area contributed by atoms with Gasteiger partial charge in [0.15, 0.2) is 0 Å². The Kier molecular flexibility index (Phi) is 4.65. The van der Waals surface area contributed by atoms with E-state index >= 15 is 0 Å². The van der Waals surface area contributed by atoms with Crippen LogP contribution in [0.1, 0.15) is 19.8 Å². The third-order valence-electron chi connectivity index (χ3n) is 2.11. The zero-order valence-electron chi connectivity index (χ0n) is 9.09. The third-order valence-corrected chi connectivity index (χ3v) is 2.11. The summed E-state index contributed by atoms with van der Waals surface area (Å²) in [6, 6.07) is 3.19. The van der Waals surface area contributed by atoms with Gasteiger partial charge in [0, 0.05) is 6.54 Å². The van der Waals surface area contributed by atoms with E-state index in [4.69, 9.17) is 0 Å². The summed E-state index contributed by atoms with van der Waals surface area (Å²) < 4.78 is 0. The lowest BCUT2D eigenvalue weighted by Gasteiger charge is -2.11. The SMILES string of the molecule is CCCC(O)CNc1cccnc1[N+](=O)[O-]. The van der Waals surface area contributed by atoms with Crippen molar-refractivity contribution in [3.63, 3.8) is 0 Å². The molecule has 1 atom stereocenters. The highest BCUT2D eigenvalue weighted by Crippen LogP contribution is 2.19. The van der Waals surface area contributed by atoms with Crippen LogP contribution >= 0.6 is 0 Å². The van der Waals surface area contributed by atoms with Crippen LogP contribution in [0.15, 0.2) is 18.3 Å². The van der Waals surface area contributed by atoms with Crippen molar-refractivity contribution in [2.24, 2.45) is 0 Å². The summed E-state index contributed by atoms with van der Waals surface area (Å²) >= 11 is 0. The van der Waals surface area contributed by atoms with Crippen molar-refractivity contribution in [1.29, 1.82) is 0 Å². The van der Waals surface area contributed by atoms with Crippen molar-refractivity contribution in [2.45, 2.75) is 25.9 Å². The first kappa shape index (κ1) is 12.4. The van der Waals surface area contributed by atoms with Gasteiger partial charge in [-0.1, -0.05) is 13.3 Å². The molecule has 0 saturated heterocycles. The van der Waals surface area contributed by atoms with Gasteiger partial charge in [-0.15, -0.1) is 0 Å². The molecule has 6 heteroatoms. The molecule has 0 bridgehead atoms. The van der Waals surface area contributed by atoms with Gasteiger partial charge in [-0.05, 0) is 28.5 Å². The summed E-state index contributed by atoms with van der Waals surface area (Å²) in [6.45, 7) is 2.26. The van der Waals surface area contributed by atoms with Crippen LogP contribution in [0.25, 0.3) is 0 Å². The van der Waals surface area contributed by atoms with Crippen LogP contribution in [0.5, 0.6) is 0 Å². The largest absolute Gasteiger partial charge is 0.391 e. The average Bonchev–Trinajstić information content (AvgIpc) is 2.27. The van der Waals surface area contributed by atoms with E-state index in [2.05, 4.69) is 10.3 Å². The molecule has 0 aromatic carbocycles. The minimum absolute atomic E-state index is 0.216. The van der Waals surface area contributed by atoms with Crippen molar-refractivity contribution in [3.8, 4) is 0 Å². The number of aromatic nitrogens is 1. The maximum Gasteiger partial charge on any atom is 0.386 e. The van der Waals surface area contributed by atoms with E-state index in [0.29, 0.717) is 18.7 Å². The second-order valence-corrected chi connectivity index (χ2v) is 3.46. The van der Waals surface area contributed by atoms with Crippen molar-refractivity contribution in [3.05, 3.63) is 28.4 Å². The molecule has 88 valence electrons. The molecule has 1 aromatic rings. The molecule has 1 heterocycles. The van der Waals surface area contributed by atoms with Crippen LogP contribution in [-0.2, 0) is 0 Å². The molecule has 2 N–H and O–H groups in total. The van der Waals surface area contributed by atoms with Gasteiger partial charge in [0.2, 0.25) is 0 Å². The molecular formula is C10H15N3O3. The van der Waals surface area contributed by atoms with E-state index in [0.717, 1.165) is 6.42 Å². The maximum absolute atomic E-state index is 10.6. The van der Waals surface area contributed by atoms with E-state index in [1.165, 1.54) is 6.20 Å². The quantitative estimate of drug-likeness (QED) is 0.566. The summed E-state index contributed by atoms with van der Waals surface area (Å²) in [5.74, 6) is -0.216. The molecular weight excluding hydrogens is 210 g/mol. The number of rotatable bonds is 6. The van der Waals surface area contributed by atoms with Gasteiger partial charge in [-0.2, -0.15) is 0 Å². The highest BCUT2D eigenvalue weighted by molar-refractivity contribution is 5.56. The molecule has 1 aromatic heterocycles. The molecule has 0 radical (unpaired) electrons. The van der Waals surface area contributed by atoms with Crippen LogP contribution in [0, 0.1) is 10.1 Å². The van der Waals surface area contributed by atoms with Gasteiger partial charge in [-0.25, -0.2) is 0 Å². The first-order valence-electron chi connectivity index (χ1n) is 5.16. The minimum Gasteiger partial charge on any atom is -0.391 e. The number of hydrogen-bond donors (Lipinski definition) is 2. The second-order valence-electron chi connectivity index (χ2n) is 3.46. The van der Waals surface area contributed by atoms with Gasteiger partial charge in [0.1, 0.15) is 11.9 Å². The Morgan fingerprint density at radius 1 is 1.69 bits per heavy atom. The Morgan fingerprint density at radius 3 is 3.06 bits per heavy atom. The lowest BCUT2D eigenvalue weighted by Crippen LogP contribution is -2.19. The lowest BCUT2D eigenvalue weighted by atomic mass is 10.2. The van der Waals surface area contributed by atoms with Crippen molar-refractivity contribution < 1.29 is 10.0 Å². The molecule has 6 nitrogen and oxygen atoms in total. The van der Waals surface area contributed by atoms with Crippen LogP contribution in [0.2, 0.25) is 0 Å². The highest BCUT2D eigenvalue weighted by Gasteiger charge is 2.14. The fraction of sp³-hybridized carbons (Fsp3) is 0.500. The predicted molar refractivity (Wildman–Crippen MR) is 60.3 cm³/mol. The summed E-state index contributed by atoms with van der Waals surface area (Å²) in [5, 5.41) is 22.9. The fourth-order valence-corrected chi connectivity index (χ4v) is 1.34. The summed E-state index contributed by atoms with van der Waals surface area (Å²) in [5.41, 5.74) is 0.336. The van der Waals surface area contributed by atoms with E-state index in [1.54, 1.807) is 12.1 Å². The Labute approximate surface area is 93.5 Å². The molecule has 1 unspecified atom stereocenters. The second kappa shape index (κ2) is 6.02. The molecule has 0 saturated carbocycles. The Hall–Kier alpha value is -1.69. The summed E-state index contributed by atoms with van der Waals surface area (Å²) in [6.07, 6.45) is 2.41. The number of aliphatic hydroxyl groups is 1. The Morgan fingerprint density at radius 2 is 2.44 bits per heavy atom. The third kappa shape index (κ3) is 3.47. The summed E-state index contributed by atoms with van der Waals surface area (Å²) in [4.78, 5) is 13.7. The number of anilines is 1. The fourth-order valence-electron chi connectivity index (χ4n) is 1.34. The standard InChI is InChI=1S/C10H15N3O3/c1-2-4-8(14)7-12-9-5-3-6-11-10(9)13(15)16/h3,5-6,8,12,14H,2,4,7H2,1H3. The minimum atomic E-state index is -0.547. The Balaban J connectivity index is 2.63. The van der Waals surface area contributed by atoms with Crippen LogP contribution in [0.4, 0.5) is 11.5 Å². The zero-order chi connectivity index (χ0) is 12.0. The van der Waals surface area contributed by atoms with E-state index in [1.807, 2.05) is 6.92 Å². The van der Waals surface area contributed by atoms with Crippen LogP contribution in [0.3, 0.4) is 0 Å². The van der Waals surface area contributed by atoms with Crippen LogP contribution < -0.4 is 5.32 Å². The van der Waals surface area contributed by atoms with Gasteiger partial charge < -0.3 is 20.5 Å². The smallest absolute Gasteiger partial charge is 0.386 e. The van der Waals surface area contributed by atoms with Crippen molar-refractivity contribution >= 4 is 11.5 Å². The average molecular weight is 225 g/mol. The van der Waals surface area contributed by atoms with E-state index in [9.17, 15) is 15.2 Å². The number of nitrogens with zero attached hydrogens (tertiary/aromatic N) is 2. The number of hydrogen-bond acceptors (Lipinski definition) is 5. The van der Waals surface area contributed by atoms with E-state index in [-0.39, 0.29) is 5.82 Å². The Bertz CT molecular complexity index is 357. The highest BCUT2D eigenvalue weighted by atomic mass is 16.6. The molecule has 0 aliphatic heterocycles. The number of aliphatic hydroxyl groups excluding tert-OH is 1. The molecule has 16 heavy (non-hydrogen) atoms. The number of nitro groups is 1. The normalized spacial score (nSPS) is 12.1. The molecule has 1 rings (SSSR count). The molecule has 0 aliphatic carbocycles. The molecule has 0 amide bonds. The van der Waals surface area contributed by atoms with Crippen molar-refractivity contribution in [2.75, 3.05) is 11.9 Å². The van der Waals surface area contributed by atoms with Crippen molar-refractivity contribution in [1.82, 2.24) is 4.98 Å². The predicted octanol–water partition coefficient (Wildman–Crippen LogP) is 1.56. The monoisotopic (exact) mass is 225 g/mol. The summed E-state index contributed by atoms with van der Waals surface area (Å²) in [7, 11) is 0. The van der Waals surface area contributed by atoms with Crippen LogP contribution in [-0.4, -0.2) is 27.7 Å². The number of pyridine rings is 1.